The number of rotatable bonds is 2. The second-order valence-electron chi connectivity index (χ2n) is 2.66. The van der Waals surface area contributed by atoms with E-state index in [2.05, 4.69) is 10.3 Å². The van der Waals surface area contributed by atoms with E-state index in [4.69, 9.17) is 16.9 Å². The van der Waals surface area contributed by atoms with Crippen LogP contribution >= 0.6 is 11.6 Å². The number of carbonyl (C=O) groups excluding carboxylic acids is 1. The zero-order chi connectivity index (χ0) is 10.6. The van der Waals surface area contributed by atoms with Gasteiger partial charge in [0.25, 0.3) is 0 Å². The van der Waals surface area contributed by atoms with Gasteiger partial charge in [-0.1, -0.05) is 0 Å². The topological polar surface area (TPSA) is 65.8 Å². The predicted octanol–water partition coefficient (Wildman–Crippen LogP) is 1.65. The maximum absolute atomic E-state index is 10.8. The van der Waals surface area contributed by atoms with Crippen LogP contribution in [-0.2, 0) is 10.7 Å². The van der Waals surface area contributed by atoms with Crippen LogP contribution in [0.15, 0.2) is 12.1 Å². The Hall–Kier alpha value is -1.60. The Morgan fingerprint density at radius 2 is 2.43 bits per heavy atom. The van der Waals surface area contributed by atoms with E-state index in [0.717, 1.165) is 0 Å². The van der Waals surface area contributed by atoms with E-state index >= 15 is 0 Å². The lowest BCUT2D eigenvalue weighted by Gasteiger charge is -2.03. The summed E-state index contributed by atoms with van der Waals surface area (Å²) in [6.45, 7) is 1.40. The number of anilines is 1. The lowest BCUT2D eigenvalue weighted by molar-refractivity contribution is -0.114. The van der Waals surface area contributed by atoms with Crippen molar-refractivity contribution < 1.29 is 4.79 Å². The van der Waals surface area contributed by atoms with Gasteiger partial charge in [-0.05, 0) is 12.1 Å². The molecule has 0 fully saturated rings. The van der Waals surface area contributed by atoms with Crippen LogP contribution in [0.25, 0.3) is 0 Å². The summed E-state index contributed by atoms with van der Waals surface area (Å²) in [5.41, 5.74) is 1.35. The fraction of sp³-hybridized carbons (Fsp3) is 0.222. The molecule has 0 unspecified atom stereocenters. The molecular weight excluding hydrogens is 202 g/mol. The van der Waals surface area contributed by atoms with Gasteiger partial charge in [0.2, 0.25) is 5.91 Å². The van der Waals surface area contributed by atoms with Crippen LogP contribution < -0.4 is 5.32 Å². The Balaban J connectivity index is 3.05. The van der Waals surface area contributed by atoms with Gasteiger partial charge in [-0.15, -0.1) is 11.6 Å². The minimum Gasteiger partial charge on any atom is -0.326 e. The normalized spacial score (nSPS) is 9.21. The van der Waals surface area contributed by atoms with E-state index in [-0.39, 0.29) is 17.5 Å². The van der Waals surface area contributed by atoms with Gasteiger partial charge in [-0.2, -0.15) is 5.26 Å². The highest BCUT2D eigenvalue weighted by Gasteiger charge is 2.02. The first-order valence-electron chi connectivity index (χ1n) is 3.90. The summed E-state index contributed by atoms with van der Waals surface area (Å²) in [5.74, 6) is 0.0165. The molecule has 0 saturated carbocycles. The molecular formula is C9H8ClN3O. The number of hydrogen-bond donors (Lipinski definition) is 1. The maximum atomic E-state index is 10.8. The molecule has 0 radical (unpaired) electrons. The number of nitriles is 1. The number of aromatic nitrogens is 1. The molecule has 0 atom stereocenters. The van der Waals surface area contributed by atoms with Crippen molar-refractivity contribution in [3.63, 3.8) is 0 Å². The van der Waals surface area contributed by atoms with Crippen molar-refractivity contribution in [1.82, 2.24) is 4.98 Å². The zero-order valence-corrected chi connectivity index (χ0v) is 8.30. The molecule has 0 saturated heterocycles. The van der Waals surface area contributed by atoms with Crippen molar-refractivity contribution >= 4 is 23.2 Å². The predicted molar refractivity (Wildman–Crippen MR) is 52.8 cm³/mol. The third kappa shape index (κ3) is 2.71. The molecule has 1 N–H and O–H groups in total. The summed E-state index contributed by atoms with van der Waals surface area (Å²) < 4.78 is 0. The SMILES string of the molecule is CC(=O)Nc1cc(C#N)nc(CCl)c1. The number of hydrogen-bond acceptors (Lipinski definition) is 3. The van der Waals surface area contributed by atoms with Crippen LogP contribution in [0.5, 0.6) is 0 Å². The molecule has 0 aromatic carbocycles. The molecule has 1 rings (SSSR count). The molecule has 0 bridgehead atoms. The summed E-state index contributed by atoms with van der Waals surface area (Å²) in [5, 5.41) is 11.2. The minimum absolute atomic E-state index is 0.194. The van der Waals surface area contributed by atoms with E-state index in [1.165, 1.54) is 13.0 Å². The van der Waals surface area contributed by atoms with Gasteiger partial charge in [0.15, 0.2) is 0 Å². The molecule has 0 aliphatic rings. The van der Waals surface area contributed by atoms with Gasteiger partial charge in [0.05, 0.1) is 11.6 Å². The van der Waals surface area contributed by atoms with E-state index in [1.54, 1.807) is 6.07 Å². The number of carbonyl (C=O) groups is 1. The maximum Gasteiger partial charge on any atom is 0.221 e. The number of nitrogens with one attached hydrogen (secondary N) is 1. The van der Waals surface area contributed by atoms with Crippen LogP contribution in [-0.4, -0.2) is 10.9 Å². The molecule has 1 heterocycles. The van der Waals surface area contributed by atoms with Gasteiger partial charge in [0, 0.05) is 12.6 Å². The van der Waals surface area contributed by atoms with Crippen LogP contribution in [0.4, 0.5) is 5.69 Å². The Morgan fingerprint density at radius 3 is 2.93 bits per heavy atom. The monoisotopic (exact) mass is 209 g/mol. The molecule has 4 nitrogen and oxygen atoms in total. The highest BCUT2D eigenvalue weighted by atomic mass is 35.5. The van der Waals surface area contributed by atoms with Crippen LogP contribution in [0.2, 0.25) is 0 Å². The lowest BCUT2D eigenvalue weighted by Crippen LogP contribution is -2.07. The first-order chi connectivity index (χ1) is 6.65. The van der Waals surface area contributed by atoms with Crippen molar-refractivity contribution in [2.75, 3.05) is 5.32 Å². The van der Waals surface area contributed by atoms with Crippen LogP contribution in [0, 0.1) is 11.3 Å². The van der Waals surface area contributed by atoms with Crippen molar-refractivity contribution in [2.24, 2.45) is 0 Å². The third-order valence-electron chi connectivity index (χ3n) is 1.45. The van der Waals surface area contributed by atoms with E-state index in [1.807, 2.05) is 6.07 Å². The number of nitrogens with zero attached hydrogens (tertiary/aromatic N) is 2. The van der Waals surface area contributed by atoms with Gasteiger partial charge in [-0.25, -0.2) is 4.98 Å². The Kier molecular flexibility index (Phi) is 3.43. The summed E-state index contributed by atoms with van der Waals surface area (Å²) in [4.78, 5) is 14.7. The van der Waals surface area contributed by atoms with Gasteiger partial charge in [0.1, 0.15) is 11.8 Å². The van der Waals surface area contributed by atoms with Gasteiger partial charge in [-0.3, -0.25) is 4.79 Å². The molecule has 14 heavy (non-hydrogen) atoms. The van der Waals surface area contributed by atoms with E-state index < -0.39 is 0 Å². The van der Waals surface area contributed by atoms with Gasteiger partial charge < -0.3 is 5.32 Å². The first-order valence-corrected chi connectivity index (χ1v) is 4.43. The quantitative estimate of drug-likeness (QED) is 0.754. The highest BCUT2D eigenvalue weighted by molar-refractivity contribution is 6.16. The zero-order valence-electron chi connectivity index (χ0n) is 7.54. The molecule has 0 spiro atoms. The minimum atomic E-state index is -0.194. The van der Waals surface area contributed by atoms with Crippen LogP contribution in [0.1, 0.15) is 18.3 Å². The Bertz CT molecular complexity index is 398. The molecule has 1 aromatic rings. The number of alkyl halides is 1. The number of halogens is 1. The standard InChI is InChI=1S/C9H8ClN3O/c1-6(14)12-7-2-8(4-10)13-9(3-7)5-11/h2-3H,4H2,1H3,(H,12,13,14). The smallest absolute Gasteiger partial charge is 0.221 e. The number of pyridine rings is 1. The average molecular weight is 210 g/mol. The fourth-order valence-electron chi connectivity index (χ4n) is 0.989. The van der Waals surface area contributed by atoms with Crippen molar-refractivity contribution in [2.45, 2.75) is 12.8 Å². The van der Waals surface area contributed by atoms with Crippen molar-refractivity contribution in [1.29, 1.82) is 5.26 Å². The van der Waals surface area contributed by atoms with Crippen LogP contribution in [0.3, 0.4) is 0 Å². The Morgan fingerprint density at radius 1 is 1.71 bits per heavy atom. The molecule has 5 heteroatoms. The molecule has 1 amide bonds. The Labute approximate surface area is 86.5 Å². The second-order valence-corrected chi connectivity index (χ2v) is 2.93. The second kappa shape index (κ2) is 4.58. The van der Waals surface area contributed by atoms with Crippen molar-refractivity contribution in [3.8, 4) is 6.07 Å². The highest BCUT2D eigenvalue weighted by Crippen LogP contribution is 2.12. The summed E-state index contributed by atoms with van der Waals surface area (Å²) in [7, 11) is 0. The van der Waals surface area contributed by atoms with Crippen molar-refractivity contribution in [3.05, 3.63) is 23.5 Å². The average Bonchev–Trinajstić information content (AvgIpc) is 2.16. The first kappa shape index (κ1) is 10.5. The largest absolute Gasteiger partial charge is 0.326 e. The molecule has 0 aliphatic heterocycles. The van der Waals surface area contributed by atoms with E-state index in [0.29, 0.717) is 11.4 Å². The molecule has 72 valence electrons. The summed E-state index contributed by atoms with van der Waals surface area (Å²) in [6, 6.07) is 5.03. The van der Waals surface area contributed by atoms with Gasteiger partial charge >= 0.3 is 0 Å². The third-order valence-corrected chi connectivity index (χ3v) is 1.72. The fourth-order valence-corrected chi connectivity index (χ4v) is 1.13. The summed E-state index contributed by atoms with van der Waals surface area (Å²) in [6.07, 6.45) is 0. The molecule has 1 aromatic heterocycles. The number of amides is 1. The van der Waals surface area contributed by atoms with E-state index in [9.17, 15) is 4.79 Å². The lowest BCUT2D eigenvalue weighted by atomic mass is 10.3. The molecule has 0 aliphatic carbocycles. The summed E-state index contributed by atoms with van der Waals surface area (Å²) >= 11 is 5.58.